The summed E-state index contributed by atoms with van der Waals surface area (Å²) in [6.07, 6.45) is 0. The smallest absolute Gasteiger partial charge is 0.241 e. The van der Waals surface area contributed by atoms with Crippen LogP contribution in [0.5, 0.6) is 11.6 Å². The number of aromatic nitrogens is 2. The van der Waals surface area contributed by atoms with Crippen molar-refractivity contribution in [2.75, 3.05) is 5.43 Å². The van der Waals surface area contributed by atoms with E-state index in [1.165, 1.54) is 12.1 Å². The van der Waals surface area contributed by atoms with E-state index in [4.69, 9.17) is 10.6 Å². The normalized spacial score (nSPS) is 10.5. The van der Waals surface area contributed by atoms with Gasteiger partial charge in [-0.25, -0.2) is 15.2 Å². The predicted molar refractivity (Wildman–Crippen MR) is 73.8 cm³/mol. The number of hydrogen-bond acceptors (Lipinski definition) is 5. The number of fused-ring (bicyclic) bond motifs is 1. The van der Waals surface area contributed by atoms with E-state index in [1.54, 1.807) is 24.3 Å². The summed E-state index contributed by atoms with van der Waals surface area (Å²) in [5, 5.41) is 0.676. The first-order valence-electron chi connectivity index (χ1n) is 5.94. The van der Waals surface area contributed by atoms with Crippen molar-refractivity contribution < 1.29 is 9.13 Å². The molecule has 20 heavy (non-hydrogen) atoms. The molecule has 3 rings (SSSR count). The van der Waals surface area contributed by atoms with Crippen LogP contribution in [0.1, 0.15) is 0 Å². The van der Waals surface area contributed by atoms with Crippen molar-refractivity contribution in [1.29, 1.82) is 0 Å². The number of ether oxygens (including phenoxy) is 1. The molecule has 100 valence electrons. The maximum Gasteiger partial charge on any atom is 0.241 e. The minimum atomic E-state index is -0.461. The highest BCUT2D eigenvalue weighted by Gasteiger charge is 2.11. The highest BCUT2D eigenvalue weighted by Crippen LogP contribution is 2.29. The zero-order valence-corrected chi connectivity index (χ0v) is 10.4. The van der Waals surface area contributed by atoms with Crippen LogP contribution in [0.2, 0.25) is 0 Å². The van der Waals surface area contributed by atoms with Gasteiger partial charge in [0.1, 0.15) is 0 Å². The van der Waals surface area contributed by atoms with Gasteiger partial charge < -0.3 is 4.74 Å². The molecule has 0 fully saturated rings. The number of anilines is 1. The number of nitrogens with one attached hydrogen (secondary N) is 1. The molecule has 5 nitrogen and oxygen atoms in total. The van der Waals surface area contributed by atoms with Crippen LogP contribution in [0.15, 0.2) is 48.5 Å². The van der Waals surface area contributed by atoms with Crippen molar-refractivity contribution in [2.24, 2.45) is 5.84 Å². The lowest BCUT2D eigenvalue weighted by atomic mass is 10.2. The largest absolute Gasteiger partial charge is 0.435 e. The van der Waals surface area contributed by atoms with Crippen LogP contribution in [-0.4, -0.2) is 9.97 Å². The Balaban J connectivity index is 2.13. The summed E-state index contributed by atoms with van der Waals surface area (Å²) in [5.74, 6) is 5.41. The number of hydrogen-bond donors (Lipinski definition) is 2. The standard InChI is InChI=1S/C14H11FN4O/c15-10-6-2-4-8-12(10)20-13-9-5-1-3-7-11(9)17-14(18-13)19-16/h1-8H,16H2,(H,17,18,19). The summed E-state index contributed by atoms with van der Waals surface area (Å²) in [7, 11) is 0. The van der Waals surface area contributed by atoms with Crippen LogP contribution in [0.4, 0.5) is 10.3 Å². The van der Waals surface area contributed by atoms with Crippen molar-refractivity contribution in [3.8, 4) is 11.6 Å². The molecular formula is C14H11FN4O. The third-order valence-electron chi connectivity index (χ3n) is 2.74. The predicted octanol–water partition coefficient (Wildman–Crippen LogP) is 2.85. The number of nitrogens with two attached hydrogens (primary N) is 1. The maximum absolute atomic E-state index is 13.6. The van der Waals surface area contributed by atoms with E-state index in [2.05, 4.69) is 15.4 Å². The third kappa shape index (κ3) is 2.24. The van der Waals surface area contributed by atoms with Crippen LogP contribution < -0.4 is 16.0 Å². The van der Waals surface area contributed by atoms with E-state index in [-0.39, 0.29) is 17.6 Å². The number of hydrazine groups is 1. The Bertz CT molecular complexity index is 763. The fraction of sp³-hybridized carbons (Fsp3) is 0. The number of nitrogen functional groups attached to an aromatic ring is 1. The van der Waals surface area contributed by atoms with Crippen molar-refractivity contribution >= 4 is 16.9 Å². The minimum absolute atomic E-state index is 0.0966. The lowest BCUT2D eigenvalue weighted by Crippen LogP contribution is -2.11. The Kier molecular flexibility index (Phi) is 3.14. The molecule has 0 radical (unpaired) electrons. The molecule has 0 spiro atoms. The molecule has 3 aromatic rings. The zero-order chi connectivity index (χ0) is 13.9. The quantitative estimate of drug-likeness (QED) is 0.565. The Morgan fingerprint density at radius 3 is 2.55 bits per heavy atom. The van der Waals surface area contributed by atoms with Gasteiger partial charge in [0.05, 0.1) is 10.9 Å². The Morgan fingerprint density at radius 2 is 1.75 bits per heavy atom. The average Bonchev–Trinajstić information content (AvgIpc) is 2.49. The van der Waals surface area contributed by atoms with E-state index in [1.807, 2.05) is 12.1 Å². The molecule has 0 saturated carbocycles. The molecule has 1 heterocycles. The lowest BCUT2D eigenvalue weighted by molar-refractivity contribution is 0.432. The second kappa shape index (κ2) is 5.10. The van der Waals surface area contributed by atoms with Gasteiger partial charge in [0.15, 0.2) is 11.6 Å². The second-order valence-corrected chi connectivity index (χ2v) is 4.05. The Morgan fingerprint density at radius 1 is 1.00 bits per heavy atom. The van der Waals surface area contributed by atoms with Gasteiger partial charge in [0, 0.05) is 0 Å². The van der Waals surface area contributed by atoms with Gasteiger partial charge in [0.2, 0.25) is 11.8 Å². The fourth-order valence-electron chi connectivity index (χ4n) is 1.82. The van der Waals surface area contributed by atoms with Crippen LogP contribution in [0, 0.1) is 5.82 Å². The molecule has 0 aliphatic heterocycles. The van der Waals surface area contributed by atoms with Gasteiger partial charge in [-0.05, 0) is 24.3 Å². The topological polar surface area (TPSA) is 73.1 Å². The molecule has 0 aliphatic carbocycles. The van der Waals surface area contributed by atoms with Crippen molar-refractivity contribution in [3.63, 3.8) is 0 Å². The molecule has 3 N–H and O–H groups in total. The van der Waals surface area contributed by atoms with E-state index >= 15 is 0 Å². The molecule has 0 atom stereocenters. The molecule has 0 unspecified atom stereocenters. The number of benzene rings is 2. The van der Waals surface area contributed by atoms with E-state index in [0.717, 1.165) is 0 Å². The van der Waals surface area contributed by atoms with Crippen molar-refractivity contribution in [3.05, 3.63) is 54.3 Å². The van der Waals surface area contributed by atoms with Crippen LogP contribution in [0.25, 0.3) is 10.9 Å². The maximum atomic E-state index is 13.6. The van der Waals surface area contributed by atoms with Crippen LogP contribution in [0.3, 0.4) is 0 Å². The highest BCUT2D eigenvalue weighted by molar-refractivity contribution is 5.84. The Hall–Kier alpha value is -2.73. The summed E-state index contributed by atoms with van der Waals surface area (Å²) in [6.45, 7) is 0. The van der Waals surface area contributed by atoms with Crippen LogP contribution in [-0.2, 0) is 0 Å². The third-order valence-corrected chi connectivity index (χ3v) is 2.74. The first kappa shape index (κ1) is 12.3. The number of rotatable bonds is 3. The molecule has 0 amide bonds. The van der Waals surface area contributed by atoms with Gasteiger partial charge >= 0.3 is 0 Å². The monoisotopic (exact) mass is 270 g/mol. The average molecular weight is 270 g/mol. The molecule has 1 aromatic heterocycles. The van der Waals surface area contributed by atoms with Crippen molar-refractivity contribution in [2.45, 2.75) is 0 Å². The summed E-state index contributed by atoms with van der Waals surface area (Å²) in [5.41, 5.74) is 3.02. The Labute approximate surface area is 114 Å². The fourth-order valence-corrected chi connectivity index (χ4v) is 1.82. The van der Waals surface area contributed by atoms with Gasteiger partial charge in [-0.3, -0.25) is 5.43 Å². The van der Waals surface area contributed by atoms with Gasteiger partial charge in [-0.15, -0.1) is 0 Å². The van der Waals surface area contributed by atoms with Gasteiger partial charge in [-0.1, -0.05) is 24.3 Å². The number of nitrogens with zero attached hydrogens (tertiary/aromatic N) is 2. The van der Waals surface area contributed by atoms with Crippen LogP contribution >= 0.6 is 0 Å². The molecule has 0 saturated heterocycles. The molecular weight excluding hydrogens is 259 g/mol. The minimum Gasteiger partial charge on any atom is -0.435 e. The van der Waals surface area contributed by atoms with E-state index in [0.29, 0.717) is 10.9 Å². The lowest BCUT2D eigenvalue weighted by Gasteiger charge is -2.09. The molecule has 2 aromatic carbocycles. The van der Waals surface area contributed by atoms with E-state index in [9.17, 15) is 4.39 Å². The second-order valence-electron chi connectivity index (χ2n) is 4.05. The molecule has 0 aliphatic rings. The van der Waals surface area contributed by atoms with Gasteiger partial charge in [-0.2, -0.15) is 4.98 Å². The highest BCUT2D eigenvalue weighted by atomic mass is 19.1. The van der Waals surface area contributed by atoms with Gasteiger partial charge in [0.25, 0.3) is 0 Å². The number of para-hydroxylation sites is 2. The first-order valence-corrected chi connectivity index (χ1v) is 5.94. The summed E-state index contributed by atoms with van der Waals surface area (Å²) >= 11 is 0. The van der Waals surface area contributed by atoms with Crippen molar-refractivity contribution in [1.82, 2.24) is 9.97 Å². The molecule has 0 bridgehead atoms. The molecule has 6 heteroatoms. The summed E-state index contributed by atoms with van der Waals surface area (Å²) in [4.78, 5) is 8.32. The SMILES string of the molecule is NNc1nc(Oc2ccccc2F)c2ccccc2n1. The summed E-state index contributed by atoms with van der Waals surface area (Å²) in [6, 6.07) is 13.4. The summed E-state index contributed by atoms with van der Waals surface area (Å²) < 4.78 is 19.2. The zero-order valence-electron chi connectivity index (χ0n) is 10.4. The van der Waals surface area contributed by atoms with E-state index < -0.39 is 5.82 Å². The number of halogens is 1. The first-order chi connectivity index (χ1) is 9.78.